The molecule has 0 saturated heterocycles. The third-order valence-electron chi connectivity index (χ3n) is 4.01. The summed E-state index contributed by atoms with van der Waals surface area (Å²) >= 11 is 0. The number of rotatable bonds is 7. The maximum atomic E-state index is 12.1. The van der Waals surface area contributed by atoms with Crippen LogP contribution in [0.15, 0.2) is 28.8 Å². The molecule has 1 N–H and O–H groups in total. The molecular weight excluding hydrogens is 360 g/mol. The molecule has 2 rings (SSSR count). The molecule has 0 bridgehead atoms. The number of esters is 1. The number of ether oxygens (including phenoxy) is 2. The van der Waals surface area contributed by atoms with E-state index in [1.54, 1.807) is 31.2 Å². The summed E-state index contributed by atoms with van der Waals surface area (Å²) in [5.74, 6) is 0.640. The van der Waals surface area contributed by atoms with Crippen LogP contribution in [0.1, 0.15) is 50.3 Å². The first-order chi connectivity index (χ1) is 13.0. The van der Waals surface area contributed by atoms with Gasteiger partial charge in [0.1, 0.15) is 18.1 Å². The predicted molar refractivity (Wildman–Crippen MR) is 104 cm³/mol. The molecule has 0 aliphatic rings. The number of hydrogen-bond donors (Lipinski definition) is 1. The predicted octanol–water partition coefficient (Wildman–Crippen LogP) is 3.26. The number of aromatic nitrogens is 1. The molecule has 1 unspecified atom stereocenters. The molecule has 0 fully saturated rings. The van der Waals surface area contributed by atoms with E-state index in [2.05, 4.69) is 10.5 Å². The lowest BCUT2D eigenvalue weighted by atomic mass is 10.1. The molecule has 7 heteroatoms. The van der Waals surface area contributed by atoms with E-state index >= 15 is 0 Å². The Balaban J connectivity index is 1.84. The molecule has 0 radical (unpaired) electrons. The second-order valence-electron chi connectivity index (χ2n) is 7.78. The lowest BCUT2D eigenvalue weighted by Gasteiger charge is -2.23. The van der Waals surface area contributed by atoms with Gasteiger partial charge in [0.25, 0.3) is 5.91 Å². The number of aryl methyl sites for hydroxylation is 2. The van der Waals surface area contributed by atoms with Crippen molar-refractivity contribution in [2.24, 2.45) is 0 Å². The number of nitrogens with one attached hydrogen (secondary N) is 1. The second kappa shape index (κ2) is 8.91. The number of carbonyl (C=O) groups excluding carboxylic acids is 2. The molecule has 152 valence electrons. The van der Waals surface area contributed by atoms with E-state index in [0.717, 1.165) is 22.6 Å². The van der Waals surface area contributed by atoms with Crippen molar-refractivity contribution < 1.29 is 23.6 Å². The van der Waals surface area contributed by atoms with Gasteiger partial charge in [-0.3, -0.25) is 9.59 Å². The molecule has 0 saturated carbocycles. The van der Waals surface area contributed by atoms with E-state index in [0.29, 0.717) is 12.4 Å². The highest BCUT2D eigenvalue weighted by Gasteiger charge is 2.22. The number of hydrogen-bond acceptors (Lipinski definition) is 6. The summed E-state index contributed by atoms with van der Waals surface area (Å²) < 4.78 is 16.1. The standard InChI is InChI=1S/C21H28N2O5/c1-13-18(14(2)28-23-13)12-26-17-9-7-16(8-10-17)11-19(24)27-15(3)20(25)22-21(4,5)6/h7-10,15H,11-12H2,1-6H3,(H,22,25). The monoisotopic (exact) mass is 388 g/mol. The zero-order chi connectivity index (χ0) is 20.9. The number of carbonyl (C=O) groups is 2. The summed E-state index contributed by atoms with van der Waals surface area (Å²) in [6, 6.07) is 7.17. The second-order valence-corrected chi connectivity index (χ2v) is 7.78. The van der Waals surface area contributed by atoms with Crippen LogP contribution < -0.4 is 10.1 Å². The molecule has 1 atom stereocenters. The molecular formula is C21H28N2O5. The first-order valence-electron chi connectivity index (χ1n) is 9.20. The molecule has 0 spiro atoms. The molecule has 1 aromatic heterocycles. The van der Waals surface area contributed by atoms with E-state index in [-0.39, 0.29) is 17.9 Å². The van der Waals surface area contributed by atoms with Crippen LogP contribution in [0.2, 0.25) is 0 Å². The topological polar surface area (TPSA) is 90.7 Å². The lowest BCUT2D eigenvalue weighted by molar-refractivity contribution is -0.154. The Morgan fingerprint density at radius 1 is 1.18 bits per heavy atom. The van der Waals surface area contributed by atoms with Gasteiger partial charge in [0.2, 0.25) is 0 Å². The van der Waals surface area contributed by atoms with Gasteiger partial charge in [0.15, 0.2) is 6.10 Å². The van der Waals surface area contributed by atoms with E-state index in [9.17, 15) is 9.59 Å². The van der Waals surface area contributed by atoms with E-state index in [1.807, 2.05) is 34.6 Å². The van der Waals surface area contributed by atoms with Gasteiger partial charge in [-0.2, -0.15) is 0 Å². The molecule has 28 heavy (non-hydrogen) atoms. The molecule has 2 aromatic rings. The maximum Gasteiger partial charge on any atom is 0.311 e. The van der Waals surface area contributed by atoms with Crippen molar-refractivity contribution in [3.63, 3.8) is 0 Å². The average Bonchev–Trinajstić information content (AvgIpc) is 2.91. The van der Waals surface area contributed by atoms with Crippen molar-refractivity contribution in [3.05, 3.63) is 46.8 Å². The smallest absolute Gasteiger partial charge is 0.311 e. The lowest BCUT2D eigenvalue weighted by Crippen LogP contribution is -2.46. The van der Waals surface area contributed by atoms with Gasteiger partial charge in [-0.25, -0.2) is 0 Å². The van der Waals surface area contributed by atoms with Gasteiger partial charge in [-0.1, -0.05) is 17.3 Å². The zero-order valence-corrected chi connectivity index (χ0v) is 17.3. The summed E-state index contributed by atoms with van der Waals surface area (Å²) in [4.78, 5) is 24.1. The Labute approximate surface area is 165 Å². The number of benzene rings is 1. The number of amides is 1. The number of nitrogens with zero attached hydrogens (tertiary/aromatic N) is 1. The molecule has 0 aliphatic carbocycles. The van der Waals surface area contributed by atoms with Crippen LogP contribution in [0, 0.1) is 13.8 Å². The summed E-state index contributed by atoms with van der Waals surface area (Å²) in [5, 5.41) is 6.68. The quantitative estimate of drug-likeness (QED) is 0.732. The Hall–Kier alpha value is -2.83. The fourth-order valence-electron chi connectivity index (χ4n) is 2.50. The SMILES string of the molecule is Cc1noc(C)c1COc1ccc(CC(=O)OC(C)C(=O)NC(C)(C)C)cc1. The third kappa shape index (κ3) is 6.40. The zero-order valence-electron chi connectivity index (χ0n) is 17.3. The fourth-order valence-corrected chi connectivity index (χ4v) is 2.50. The van der Waals surface area contributed by atoms with Gasteiger partial charge in [-0.05, 0) is 59.2 Å². The highest BCUT2D eigenvalue weighted by Crippen LogP contribution is 2.18. The van der Waals surface area contributed by atoms with Crippen LogP contribution in [-0.4, -0.2) is 28.7 Å². The highest BCUT2D eigenvalue weighted by molar-refractivity contribution is 5.84. The minimum absolute atomic E-state index is 0.0806. The Morgan fingerprint density at radius 2 is 1.82 bits per heavy atom. The largest absolute Gasteiger partial charge is 0.489 e. The van der Waals surface area contributed by atoms with E-state index in [1.165, 1.54) is 0 Å². The van der Waals surface area contributed by atoms with Crippen LogP contribution in [0.4, 0.5) is 0 Å². The maximum absolute atomic E-state index is 12.1. The minimum Gasteiger partial charge on any atom is -0.489 e. The molecule has 0 aliphatic heterocycles. The Morgan fingerprint density at radius 3 is 2.36 bits per heavy atom. The molecule has 1 amide bonds. The van der Waals surface area contributed by atoms with Crippen LogP contribution >= 0.6 is 0 Å². The van der Waals surface area contributed by atoms with Crippen LogP contribution in [-0.2, 0) is 27.4 Å². The normalized spacial score (nSPS) is 12.4. The average molecular weight is 388 g/mol. The molecule has 1 aromatic carbocycles. The summed E-state index contributed by atoms with van der Waals surface area (Å²) in [5.41, 5.74) is 2.13. The van der Waals surface area contributed by atoms with Crippen molar-refractivity contribution >= 4 is 11.9 Å². The van der Waals surface area contributed by atoms with Gasteiger partial charge in [0.05, 0.1) is 17.7 Å². The van der Waals surface area contributed by atoms with Crippen molar-refractivity contribution in [3.8, 4) is 5.75 Å². The molecule has 7 nitrogen and oxygen atoms in total. The van der Waals surface area contributed by atoms with Gasteiger partial charge >= 0.3 is 5.97 Å². The minimum atomic E-state index is -0.843. The summed E-state index contributed by atoms with van der Waals surface area (Å²) in [7, 11) is 0. The van der Waals surface area contributed by atoms with Crippen molar-refractivity contribution in [2.75, 3.05) is 0 Å². The van der Waals surface area contributed by atoms with Gasteiger partial charge < -0.3 is 19.3 Å². The van der Waals surface area contributed by atoms with Crippen molar-refractivity contribution in [1.82, 2.24) is 10.5 Å². The first-order valence-corrected chi connectivity index (χ1v) is 9.20. The third-order valence-corrected chi connectivity index (χ3v) is 4.01. The van der Waals surface area contributed by atoms with Crippen molar-refractivity contribution in [2.45, 2.75) is 66.2 Å². The summed E-state index contributed by atoms with van der Waals surface area (Å²) in [6.07, 6.45) is -0.763. The van der Waals surface area contributed by atoms with Gasteiger partial charge in [0, 0.05) is 5.54 Å². The van der Waals surface area contributed by atoms with E-state index < -0.39 is 12.1 Å². The fraction of sp³-hybridized carbons (Fsp3) is 0.476. The van der Waals surface area contributed by atoms with Gasteiger partial charge in [-0.15, -0.1) is 0 Å². The summed E-state index contributed by atoms with van der Waals surface area (Å²) in [6.45, 7) is 11.2. The Bertz CT molecular complexity index is 799. The van der Waals surface area contributed by atoms with Crippen molar-refractivity contribution in [1.29, 1.82) is 0 Å². The van der Waals surface area contributed by atoms with Crippen LogP contribution in [0.25, 0.3) is 0 Å². The first kappa shape index (κ1) is 21.5. The Kier molecular flexibility index (Phi) is 6.83. The van der Waals surface area contributed by atoms with Crippen LogP contribution in [0.5, 0.6) is 5.75 Å². The van der Waals surface area contributed by atoms with E-state index in [4.69, 9.17) is 14.0 Å². The highest BCUT2D eigenvalue weighted by atomic mass is 16.5. The molecule has 1 heterocycles. The van der Waals surface area contributed by atoms with Crippen LogP contribution in [0.3, 0.4) is 0 Å².